The van der Waals surface area contributed by atoms with E-state index in [4.69, 9.17) is 22.2 Å². The molecule has 1 aromatic heterocycles. The van der Waals surface area contributed by atoms with Gasteiger partial charge >= 0.3 is 0 Å². The molecule has 0 bridgehead atoms. The summed E-state index contributed by atoms with van der Waals surface area (Å²) in [4.78, 5) is 17.0. The Balaban J connectivity index is 1.31. The van der Waals surface area contributed by atoms with Gasteiger partial charge in [0.15, 0.2) is 5.11 Å². The first-order valence-electron chi connectivity index (χ1n) is 13.4. The van der Waals surface area contributed by atoms with E-state index in [0.717, 1.165) is 44.4 Å². The van der Waals surface area contributed by atoms with Crippen molar-refractivity contribution >= 4 is 40.6 Å². The van der Waals surface area contributed by atoms with Gasteiger partial charge in [-0.2, -0.15) is 9.97 Å². The number of nitrogens with one attached hydrogen (secondary N) is 2. The number of piperazine rings is 1. The number of aryl methyl sites for hydroxylation is 1. The first-order chi connectivity index (χ1) is 18.0. The van der Waals surface area contributed by atoms with Crippen molar-refractivity contribution < 1.29 is 0 Å². The van der Waals surface area contributed by atoms with Gasteiger partial charge < -0.3 is 25.3 Å². The molecule has 2 N–H and O–H groups in total. The summed E-state index contributed by atoms with van der Waals surface area (Å²) in [5.74, 6) is 2.49. The lowest BCUT2D eigenvalue weighted by Crippen LogP contribution is -2.47. The maximum absolute atomic E-state index is 5.62. The molecule has 3 aromatic rings. The number of benzene rings is 2. The SMILES string of the molecule is Cc1ccc(CNC(=S)Nc2nc(N3CCN(c4ccccc4)CC3)cc(N3CCCC[C@@H]3C)n2)cc1. The van der Waals surface area contributed by atoms with Gasteiger partial charge in [0.25, 0.3) is 0 Å². The molecule has 0 unspecified atom stereocenters. The molecule has 7 nitrogen and oxygen atoms in total. The molecule has 2 saturated heterocycles. The Morgan fingerprint density at radius 1 is 0.892 bits per heavy atom. The zero-order valence-corrected chi connectivity index (χ0v) is 22.7. The maximum Gasteiger partial charge on any atom is 0.232 e. The van der Waals surface area contributed by atoms with Crippen LogP contribution in [0.25, 0.3) is 0 Å². The first kappa shape index (κ1) is 25.3. The monoisotopic (exact) mass is 515 g/mol. The largest absolute Gasteiger partial charge is 0.368 e. The lowest BCUT2D eigenvalue weighted by molar-refractivity contribution is 0.481. The van der Waals surface area contributed by atoms with E-state index in [9.17, 15) is 0 Å². The van der Waals surface area contributed by atoms with Crippen molar-refractivity contribution in [3.8, 4) is 0 Å². The molecule has 2 fully saturated rings. The third-order valence-corrected chi connectivity index (χ3v) is 7.57. The fraction of sp³-hybridized carbons (Fsp3) is 0.414. The van der Waals surface area contributed by atoms with Crippen LogP contribution in [0, 0.1) is 6.92 Å². The topological polar surface area (TPSA) is 59.6 Å². The molecular weight excluding hydrogens is 478 g/mol. The molecule has 2 aromatic carbocycles. The van der Waals surface area contributed by atoms with Gasteiger partial charge in [-0.25, -0.2) is 0 Å². The first-order valence-corrected chi connectivity index (χ1v) is 13.8. The number of para-hydroxylation sites is 1. The molecule has 2 aliphatic rings. The highest BCUT2D eigenvalue weighted by molar-refractivity contribution is 7.80. The number of rotatable bonds is 6. The van der Waals surface area contributed by atoms with Gasteiger partial charge in [0.05, 0.1) is 0 Å². The van der Waals surface area contributed by atoms with E-state index >= 15 is 0 Å². The molecule has 0 aliphatic carbocycles. The summed E-state index contributed by atoms with van der Waals surface area (Å²) in [6.45, 7) is 9.81. The lowest BCUT2D eigenvalue weighted by atomic mass is 10.0. The second-order valence-corrected chi connectivity index (χ2v) is 10.5. The second-order valence-electron chi connectivity index (χ2n) is 10.0. The predicted molar refractivity (Wildman–Crippen MR) is 158 cm³/mol. The van der Waals surface area contributed by atoms with Crippen LogP contribution in [0.4, 0.5) is 23.3 Å². The zero-order chi connectivity index (χ0) is 25.6. The highest BCUT2D eigenvalue weighted by atomic mass is 32.1. The van der Waals surface area contributed by atoms with Crippen LogP contribution in [-0.2, 0) is 6.54 Å². The van der Waals surface area contributed by atoms with Crippen LogP contribution in [0.5, 0.6) is 0 Å². The van der Waals surface area contributed by atoms with Crippen molar-refractivity contribution in [3.05, 3.63) is 71.8 Å². The summed E-state index contributed by atoms with van der Waals surface area (Å²) in [5.41, 5.74) is 3.71. The molecule has 0 radical (unpaired) electrons. The van der Waals surface area contributed by atoms with Crippen LogP contribution < -0.4 is 25.3 Å². The van der Waals surface area contributed by atoms with Crippen molar-refractivity contribution in [2.75, 3.05) is 52.7 Å². The average molecular weight is 516 g/mol. The van der Waals surface area contributed by atoms with Gasteiger partial charge in [-0.15, -0.1) is 0 Å². The van der Waals surface area contributed by atoms with Crippen LogP contribution in [0.3, 0.4) is 0 Å². The lowest BCUT2D eigenvalue weighted by Gasteiger charge is -2.38. The van der Waals surface area contributed by atoms with Crippen LogP contribution >= 0.6 is 12.2 Å². The molecule has 194 valence electrons. The number of thiocarbonyl (C=S) groups is 1. The molecule has 5 rings (SSSR count). The highest BCUT2D eigenvalue weighted by Crippen LogP contribution is 2.28. The Labute approximate surface area is 225 Å². The normalized spacial score (nSPS) is 18.0. The molecule has 0 spiro atoms. The fourth-order valence-corrected chi connectivity index (χ4v) is 5.26. The minimum Gasteiger partial charge on any atom is -0.368 e. The smallest absolute Gasteiger partial charge is 0.232 e. The van der Waals surface area contributed by atoms with Gasteiger partial charge in [-0.3, -0.25) is 0 Å². The third kappa shape index (κ3) is 6.49. The number of hydrogen-bond donors (Lipinski definition) is 2. The van der Waals surface area contributed by atoms with E-state index in [-0.39, 0.29) is 0 Å². The van der Waals surface area contributed by atoms with E-state index in [1.54, 1.807) is 0 Å². The van der Waals surface area contributed by atoms with Crippen molar-refractivity contribution in [1.29, 1.82) is 0 Å². The maximum atomic E-state index is 5.62. The van der Waals surface area contributed by atoms with E-state index in [1.807, 2.05) is 0 Å². The van der Waals surface area contributed by atoms with Crippen LogP contribution in [0.15, 0.2) is 60.7 Å². The molecular formula is C29H37N7S. The second kappa shape index (κ2) is 11.8. The fourth-order valence-electron chi connectivity index (χ4n) is 5.09. The van der Waals surface area contributed by atoms with Gasteiger partial charge in [0.2, 0.25) is 5.95 Å². The van der Waals surface area contributed by atoms with Crippen molar-refractivity contribution in [1.82, 2.24) is 15.3 Å². The van der Waals surface area contributed by atoms with E-state index < -0.39 is 0 Å². The number of nitrogens with zero attached hydrogens (tertiary/aromatic N) is 5. The highest BCUT2D eigenvalue weighted by Gasteiger charge is 2.24. The molecule has 1 atom stereocenters. The Kier molecular flexibility index (Phi) is 8.04. The summed E-state index contributed by atoms with van der Waals surface area (Å²) >= 11 is 5.62. The Morgan fingerprint density at radius 3 is 2.32 bits per heavy atom. The van der Waals surface area contributed by atoms with Crippen LogP contribution in [-0.4, -0.2) is 53.8 Å². The molecule has 8 heteroatoms. The summed E-state index contributed by atoms with van der Waals surface area (Å²) < 4.78 is 0. The van der Waals surface area contributed by atoms with Crippen molar-refractivity contribution in [2.24, 2.45) is 0 Å². The van der Waals surface area contributed by atoms with Gasteiger partial charge in [0.1, 0.15) is 11.6 Å². The van der Waals surface area contributed by atoms with Crippen LogP contribution in [0.2, 0.25) is 0 Å². The van der Waals surface area contributed by atoms with Crippen molar-refractivity contribution in [2.45, 2.75) is 45.7 Å². The predicted octanol–water partition coefficient (Wildman–Crippen LogP) is 4.98. The number of piperidine rings is 1. The molecule has 3 heterocycles. The minimum atomic E-state index is 0.464. The van der Waals surface area contributed by atoms with Gasteiger partial charge in [0, 0.05) is 57.1 Å². The molecule has 0 amide bonds. The summed E-state index contributed by atoms with van der Waals surface area (Å²) in [6, 6.07) is 21.7. The third-order valence-electron chi connectivity index (χ3n) is 7.32. The zero-order valence-electron chi connectivity index (χ0n) is 21.9. The standard InChI is InChI=1S/C29H37N7S/c1-22-11-13-24(14-12-22)21-30-29(37)33-28-31-26(20-27(32-28)36-15-7-6-8-23(36)2)35-18-16-34(17-19-35)25-9-4-3-5-10-25/h3-5,9-14,20,23H,6-8,15-19,21H2,1-2H3,(H2,30,31,32,33,37)/t23-/m0/s1. The summed E-state index contributed by atoms with van der Waals surface area (Å²) in [5, 5.41) is 7.10. The van der Waals surface area contributed by atoms with E-state index in [1.165, 1.54) is 36.1 Å². The molecule has 37 heavy (non-hydrogen) atoms. The number of hydrogen-bond acceptors (Lipinski definition) is 6. The quantitative estimate of drug-likeness (QED) is 0.446. The van der Waals surface area contributed by atoms with Gasteiger partial charge in [-0.1, -0.05) is 48.0 Å². The molecule has 0 saturated carbocycles. The summed E-state index contributed by atoms with van der Waals surface area (Å²) in [6.07, 6.45) is 3.66. The Morgan fingerprint density at radius 2 is 1.59 bits per heavy atom. The Bertz CT molecular complexity index is 1180. The Hall–Kier alpha value is -3.39. The summed E-state index contributed by atoms with van der Waals surface area (Å²) in [7, 11) is 0. The van der Waals surface area contributed by atoms with E-state index in [0.29, 0.717) is 23.6 Å². The van der Waals surface area contributed by atoms with E-state index in [2.05, 4.69) is 99.8 Å². The van der Waals surface area contributed by atoms with Crippen LogP contribution in [0.1, 0.15) is 37.3 Å². The average Bonchev–Trinajstić information content (AvgIpc) is 2.93. The molecule has 2 aliphatic heterocycles. The number of aromatic nitrogens is 2. The van der Waals surface area contributed by atoms with Gasteiger partial charge in [-0.05, 0) is 63.0 Å². The van der Waals surface area contributed by atoms with Crippen molar-refractivity contribution in [3.63, 3.8) is 0 Å². The number of anilines is 4. The minimum absolute atomic E-state index is 0.464.